The molecule has 0 unspecified atom stereocenters. The van der Waals surface area contributed by atoms with E-state index in [9.17, 15) is 19.2 Å². The third kappa shape index (κ3) is 2.90. The Morgan fingerprint density at radius 1 is 0.500 bits per heavy atom. The average Bonchev–Trinajstić information content (AvgIpc) is 2.91. The highest BCUT2D eigenvalue weighted by atomic mass is 16.5. The summed E-state index contributed by atoms with van der Waals surface area (Å²) in [5.74, 6) is -0.606. The third-order valence-corrected chi connectivity index (χ3v) is 7.90. The van der Waals surface area contributed by atoms with E-state index in [0.717, 1.165) is 31.3 Å². The van der Waals surface area contributed by atoms with Crippen LogP contribution < -0.4 is 9.47 Å². The van der Waals surface area contributed by atoms with Crippen LogP contribution in [0.2, 0.25) is 0 Å². The Bertz CT molecular complexity index is 1880. The van der Waals surface area contributed by atoms with Crippen LogP contribution in [0.5, 0.6) is 11.5 Å². The number of benzene rings is 5. The highest BCUT2D eigenvalue weighted by Crippen LogP contribution is 2.52. The number of rotatable bonds is 4. The lowest BCUT2D eigenvalue weighted by Crippen LogP contribution is -2.37. The van der Waals surface area contributed by atoms with Crippen molar-refractivity contribution < 1.29 is 28.7 Å². The SMILES string of the molecule is CC(C)Oc1cc2c3c(ccc4c5ccc6c7c(cc(OC(C)C)c(c1c34)c75)C(=O)N(C)C6=O)C(=O)N(C)C2=O. The van der Waals surface area contributed by atoms with Gasteiger partial charge >= 0.3 is 0 Å². The lowest BCUT2D eigenvalue weighted by Gasteiger charge is -2.30. The number of hydrogen-bond donors (Lipinski definition) is 0. The molecular weight excluding hydrogens is 508 g/mol. The first-order valence-corrected chi connectivity index (χ1v) is 13.3. The molecule has 7 rings (SSSR count). The van der Waals surface area contributed by atoms with Crippen LogP contribution in [0.15, 0.2) is 36.4 Å². The van der Waals surface area contributed by atoms with E-state index in [1.165, 1.54) is 14.1 Å². The first-order valence-electron chi connectivity index (χ1n) is 13.3. The van der Waals surface area contributed by atoms with E-state index in [1.807, 2.05) is 39.8 Å². The van der Waals surface area contributed by atoms with E-state index in [-0.39, 0.29) is 24.0 Å². The van der Waals surface area contributed by atoms with Gasteiger partial charge in [0.25, 0.3) is 23.6 Å². The number of carbonyl (C=O) groups is 4. The zero-order valence-electron chi connectivity index (χ0n) is 23.0. The number of amides is 4. The highest BCUT2D eigenvalue weighted by Gasteiger charge is 2.37. The molecule has 0 aliphatic carbocycles. The predicted molar refractivity (Wildman–Crippen MR) is 152 cm³/mol. The lowest BCUT2D eigenvalue weighted by atomic mass is 9.81. The topological polar surface area (TPSA) is 93.2 Å². The Kier molecular flexibility index (Phi) is 4.81. The molecule has 4 amide bonds. The zero-order chi connectivity index (χ0) is 28.4. The maximum absolute atomic E-state index is 13.4. The monoisotopic (exact) mass is 534 g/mol. The fraction of sp³-hybridized carbons (Fsp3) is 0.250. The summed E-state index contributed by atoms with van der Waals surface area (Å²) in [7, 11) is 2.96. The summed E-state index contributed by atoms with van der Waals surface area (Å²) in [6.45, 7) is 7.62. The first-order chi connectivity index (χ1) is 19.0. The Morgan fingerprint density at radius 2 is 0.850 bits per heavy atom. The summed E-state index contributed by atoms with van der Waals surface area (Å²) in [5.41, 5.74) is 1.64. The Labute approximate surface area is 229 Å². The molecule has 0 bridgehead atoms. The van der Waals surface area contributed by atoms with Crippen LogP contribution in [0.25, 0.3) is 43.1 Å². The van der Waals surface area contributed by atoms with Crippen LogP contribution in [0.3, 0.4) is 0 Å². The van der Waals surface area contributed by atoms with Crippen molar-refractivity contribution >= 4 is 66.7 Å². The lowest BCUT2D eigenvalue weighted by molar-refractivity contribution is 0.0635. The van der Waals surface area contributed by atoms with Crippen molar-refractivity contribution in [2.45, 2.75) is 39.9 Å². The molecule has 0 N–H and O–H groups in total. The van der Waals surface area contributed by atoms with E-state index in [1.54, 1.807) is 24.3 Å². The highest BCUT2D eigenvalue weighted by molar-refractivity contribution is 6.43. The van der Waals surface area contributed by atoms with Crippen LogP contribution in [-0.4, -0.2) is 59.7 Å². The molecule has 5 aromatic rings. The van der Waals surface area contributed by atoms with Crippen molar-refractivity contribution in [1.29, 1.82) is 0 Å². The fourth-order valence-electron chi connectivity index (χ4n) is 6.32. The number of ether oxygens (including phenoxy) is 2. The molecule has 8 heteroatoms. The predicted octanol–water partition coefficient (Wildman–Crippen LogP) is 5.76. The Hall–Kier alpha value is -4.72. The van der Waals surface area contributed by atoms with Gasteiger partial charge in [0.05, 0.1) is 23.3 Å². The largest absolute Gasteiger partial charge is 0.490 e. The third-order valence-electron chi connectivity index (χ3n) is 7.90. The van der Waals surface area contributed by atoms with Crippen molar-refractivity contribution in [1.82, 2.24) is 9.80 Å². The zero-order valence-corrected chi connectivity index (χ0v) is 23.0. The van der Waals surface area contributed by atoms with Crippen LogP contribution in [0.1, 0.15) is 69.1 Å². The molecule has 0 atom stereocenters. The van der Waals surface area contributed by atoms with Gasteiger partial charge in [0.2, 0.25) is 0 Å². The molecule has 2 aliphatic heterocycles. The van der Waals surface area contributed by atoms with E-state index in [2.05, 4.69) is 0 Å². The number of imide groups is 2. The summed E-state index contributed by atoms with van der Waals surface area (Å²) in [6.07, 6.45) is -0.448. The molecule has 2 aliphatic rings. The van der Waals surface area contributed by atoms with E-state index in [4.69, 9.17) is 9.47 Å². The van der Waals surface area contributed by atoms with E-state index in [0.29, 0.717) is 55.3 Å². The second-order valence-corrected chi connectivity index (χ2v) is 11.1. The fourth-order valence-corrected chi connectivity index (χ4v) is 6.32. The minimum atomic E-state index is -0.399. The minimum Gasteiger partial charge on any atom is -0.490 e. The van der Waals surface area contributed by atoms with Gasteiger partial charge < -0.3 is 9.47 Å². The van der Waals surface area contributed by atoms with E-state index >= 15 is 0 Å². The van der Waals surface area contributed by atoms with Gasteiger partial charge in [-0.3, -0.25) is 29.0 Å². The molecule has 0 saturated heterocycles. The summed E-state index contributed by atoms with van der Waals surface area (Å²) in [4.78, 5) is 55.6. The van der Waals surface area contributed by atoms with Crippen molar-refractivity contribution in [3.8, 4) is 11.5 Å². The van der Waals surface area contributed by atoms with Gasteiger partial charge in [-0.2, -0.15) is 0 Å². The first kappa shape index (κ1) is 24.3. The number of nitrogens with zero attached hydrogens (tertiary/aromatic N) is 2. The Balaban J connectivity index is 1.82. The smallest absolute Gasteiger partial charge is 0.261 e. The van der Waals surface area contributed by atoms with Gasteiger partial charge in [0.1, 0.15) is 11.5 Å². The van der Waals surface area contributed by atoms with Crippen molar-refractivity contribution in [3.63, 3.8) is 0 Å². The molecule has 0 saturated carbocycles. The van der Waals surface area contributed by atoms with Crippen molar-refractivity contribution in [2.75, 3.05) is 14.1 Å². The second-order valence-electron chi connectivity index (χ2n) is 11.1. The van der Waals surface area contributed by atoms with Crippen LogP contribution in [-0.2, 0) is 0 Å². The molecule has 0 spiro atoms. The van der Waals surface area contributed by atoms with Gasteiger partial charge in [-0.1, -0.05) is 12.1 Å². The molecule has 40 heavy (non-hydrogen) atoms. The molecular formula is C32H26N2O6. The van der Waals surface area contributed by atoms with Crippen LogP contribution in [0, 0.1) is 0 Å². The van der Waals surface area contributed by atoms with Crippen molar-refractivity contribution in [3.05, 3.63) is 58.7 Å². The summed E-state index contributed by atoms with van der Waals surface area (Å²) < 4.78 is 12.7. The molecule has 5 aromatic carbocycles. The average molecular weight is 535 g/mol. The molecule has 0 aromatic heterocycles. The Morgan fingerprint density at radius 3 is 1.20 bits per heavy atom. The quantitative estimate of drug-likeness (QED) is 0.165. The maximum atomic E-state index is 13.4. The van der Waals surface area contributed by atoms with Gasteiger partial charge in [-0.05, 0) is 62.7 Å². The van der Waals surface area contributed by atoms with Gasteiger partial charge in [0.15, 0.2) is 0 Å². The van der Waals surface area contributed by atoms with Gasteiger partial charge in [-0.25, -0.2) is 0 Å². The number of carbonyl (C=O) groups excluding carboxylic acids is 4. The maximum Gasteiger partial charge on any atom is 0.261 e. The van der Waals surface area contributed by atoms with E-state index < -0.39 is 11.8 Å². The van der Waals surface area contributed by atoms with Crippen molar-refractivity contribution in [2.24, 2.45) is 0 Å². The summed E-state index contributed by atoms with van der Waals surface area (Å²) in [5, 5.41) is 5.52. The number of hydrogen-bond acceptors (Lipinski definition) is 6. The minimum absolute atomic E-state index is 0.224. The molecule has 200 valence electrons. The second kappa shape index (κ2) is 7.91. The van der Waals surface area contributed by atoms with Gasteiger partial charge in [-0.15, -0.1) is 0 Å². The standard InChI is InChI=1S/C32H26N2O6/c1-13(2)39-21-11-19-23-17(29(35)33(5)31(19)37)9-7-15-16-8-10-18-24-20(32(38)34(6)30(18)36)12-22(40-14(3)4)28(26(16)24)27(21)25(15)23/h7-14H,1-6H3. The van der Waals surface area contributed by atoms with Crippen LogP contribution >= 0.6 is 0 Å². The van der Waals surface area contributed by atoms with Gasteiger partial charge in [0, 0.05) is 57.5 Å². The summed E-state index contributed by atoms with van der Waals surface area (Å²) >= 11 is 0. The van der Waals surface area contributed by atoms with Crippen LogP contribution in [0.4, 0.5) is 0 Å². The summed E-state index contributed by atoms with van der Waals surface area (Å²) in [6, 6.07) is 10.7. The molecule has 8 nitrogen and oxygen atoms in total. The molecule has 0 fully saturated rings. The number of fused-ring (bicyclic) bond motifs is 2. The molecule has 0 radical (unpaired) electrons. The molecule has 2 heterocycles. The normalized spacial score (nSPS) is 15.3.